The second-order valence-electron chi connectivity index (χ2n) is 7.24. The van der Waals surface area contributed by atoms with Gasteiger partial charge < -0.3 is 14.6 Å². The summed E-state index contributed by atoms with van der Waals surface area (Å²) in [7, 11) is 0. The molecule has 1 aromatic heterocycles. The third-order valence-corrected chi connectivity index (χ3v) is 5.14. The fraction of sp³-hybridized carbons (Fsp3) is 0.455. The Morgan fingerprint density at radius 1 is 1.11 bits per heavy atom. The molecule has 150 valence electrons. The minimum Gasteiger partial charge on any atom is -0.494 e. The third kappa shape index (κ3) is 4.83. The van der Waals surface area contributed by atoms with Crippen molar-refractivity contribution in [3.63, 3.8) is 0 Å². The fourth-order valence-electron chi connectivity index (χ4n) is 3.56. The van der Waals surface area contributed by atoms with E-state index in [1.165, 1.54) is 19.3 Å². The van der Waals surface area contributed by atoms with Crippen LogP contribution >= 0.6 is 12.4 Å². The minimum absolute atomic E-state index is 0. The van der Waals surface area contributed by atoms with Gasteiger partial charge in [-0.1, -0.05) is 49.5 Å². The van der Waals surface area contributed by atoms with E-state index in [0.717, 1.165) is 54.5 Å². The lowest BCUT2D eigenvalue weighted by atomic mass is 10.1. The number of fused-ring (bicyclic) bond motifs is 1. The Balaban J connectivity index is 0.00000225. The molecule has 0 radical (unpaired) electrons. The Labute approximate surface area is 172 Å². The van der Waals surface area contributed by atoms with E-state index < -0.39 is 0 Å². The second kappa shape index (κ2) is 9.89. The van der Waals surface area contributed by atoms with Gasteiger partial charge in [-0.25, -0.2) is 0 Å². The van der Waals surface area contributed by atoms with Gasteiger partial charge in [-0.05, 0) is 54.8 Å². The number of nitrogens with one attached hydrogen (secondary N) is 1. The summed E-state index contributed by atoms with van der Waals surface area (Å²) in [5, 5.41) is 9.87. The molecule has 0 aliphatic carbocycles. The molecule has 1 unspecified atom stereocenters. The van der Waals surface area contributed by atoms with Crippen LogP contribution in [-0.2, 0) is 0 Å². The van der Waals surface area contributed by atoms with E-state index in [0.29, 0.717) is 11.7 Å². The minimum atomic E-state index is 0. The van der Waals surface area contributed by atoms with Crippen LogP contribution in [0.2, 0.25) is 0 Å². The van der Waals surface area contributed by atoms with Crippen LogP contribution in [0.3, 0.4) is 0 Å². The highest BCUT2D eigenvalue weighted by Crippen LogP contribution is 2.28. The van der Waals surface area contributed by atoms with Crippen LogP contribution in [-0.4, -0.2) is 23.3 Å². The Morgan fingerprint density at radius 3 is 2.79 bits per heavy atom. The average molecular weight is 402 g/mol. The van der Waals surface area contributed by atoms with Gasteiger partial charge in [0.1, 0.15) is 5.75 Å². The Bertz CT molecular complexity index is 890. The highest BCUT2D eigenvalue weighted by molar-refractivity contribution is 5.87. The van der Waals surface area contributed by atoms with Gasteiger partial charge in [-0.3, -0.25) is 0 Å². The molecule has 2 aromatic carbocycles. The van der Waals surface area contributed by atoms with Crippen LogP contribution in [0.5, 0.6) is 5.75 Å². The zero-order chi connectivity index (χ0) is 18.5. The molecule has 1 saturated heterocycles. The van der Waals surface area contributed by atoms with E-state index in [1.54, 1.807) is 0 Å². The summed E-state index contributed by atoms with van der Waals surface area (Å²) in [5.41, 5.74) is 0.976. The number of hydrogen-bond donors (Lipinski definition) is 1. The van der Waals surface area contributed by atoms with E-state index in [4.69, 9.17) is 9.26 Å². The first kappa shape index (κ1) is 20.6. The molecule has 1 aliphatic rings. The number of unbranched alkanes of at least 4 members (excludes halogenated alkanes) is 3. The number of hydrogen-bond acceptors (Lipinski definition) is 5. The molecule has 1 N–H and O–H groups in total. The zero-order valence-electron chi connectivity index (χ0n) is 16.3. The standard InChI is InChI=1S/C22H27N3O2.ClH/c1-2-3-4-5-13-26-19-11-10-16-14-18(9-8-17(16)15-19)21-24-22(27-25-21)20-7-6-12-23-20;/h8-11,14-15,20,23H,2-7,12-13H2,1H3;1H. The van der Waals surface area contributed by atoms with Crippen molar-refractivity contribution in [1.29, 1.82) is 0 Å². The molecule has 0 amide bonds. The van der Waals surface area contributed by atoms with Crippen LogP contribution in [0.4, 0.5) is 0 Å². The van der Waals surface area contributed by atoms with Gasteiger partial charge in [0.2, 0.25) is 11.7 Å². The molecule has 0 spiro atoms. The second-order valence-corrected chi connectivity index (χ2v) is 7.24. The summed E-state index contributed by atoms with van der Waals surface area (Å²) in [5.74, 6) is 2.27. The lowest BCUT2D eigenvalue weighted by Crippen LogP contribution is -2.12. The first-order valence-electron chi connectivity index (χ1n) is 10.1. The molecule has 6 heteroatoms. The number of benzene rings is 2. The molecule has 1 aliphatic heterocycles. The quantitative estimate of drug-likeness (QED) is 0.491. The van der Waals surface area contributed by atoms with Crippen molar-refractivity contribution in [1.82, 2.24) is 15.5 Å². The van der Waals surface area contributed by atoms with Crippen molar-refractivity contribution in [3.05, 3.63) is 42.3 Å². The number of nitrogens with zero attached hydrogens (tertiary/aromatic N) is 2. The normalized spacial score (nSPS) is 16.2. The lowest BCUT2D eigenvalue weighted by Gasteiger charge is -2.08. The van der Waals surface area contributed by atoms with E-state index in [2.05, 4.69) is 46.6 Å². The number of aromatic nitrogens is 2. The molecule has 0 bridgehead atoms. The summed E-state index contributed by atoms with van der Waals surface area (Å²) < 4.78 is 11.4. The van der Waals surface area contributed by atoms with E-state index >= 15 is 0 Å². The van der Waals surface area contributed by atoms with Crippen molar-refractivity contribution >= 4 is 23.2 Å². The summed E-state index contributed by atoms with van der Waals surface area (Å²) in [6.07, 6.45) is 7.08. The maximum absolute atomic E-state index is 5.89. The summed E-state index contributed by atoms with van der Waals surface area (Å²) in [6.45, 7) is 4.02. The molecular weight excluding hydrogens is 374 g/mol. The number of rotatable bonds is 8. The summed E-state index contributed by atoms with van der Waals surface area (Å²) in [4.78, 5) is 4.59. The molecule has 1 atom stereocenters. The number of halogens is 1. The van der Waals surface area contributed by atoms with Gasteiger partial charge >= 0.3 is 0 Å². The van der Waals surface area contributed by atoms with Crippen LogP contribution in [0.15, 0.2) is 40.9 Å². The van der Waals surface area contributed by atoms with E-state index in [-0.39, 0.29) is 18.4 Å². The third-order valence-electron chi connectivity index (χ3n) is 5.14. The average Bonchev–Trinajstić information content (AvgIpc) is 3.39. The van der Waals surface area contributed by atoms with Gasteiger partial charge in [0.05, 0.1) is 12.6 Å². The van der Waals surface area contributed by atoms with Gasteiger partial charge in [0.25, 0.3) is 0 Å². The van der Waals surface area contributed by atoms with Crippen LogP contribution in [0.1, 0.15) is 57.4 Å². The first-order valence-corrected chi connectivity index (χ1v) is 10.1. The van der Waals surface area contributed by atoms with E-state index in [1.807, 2.05) is 12.1 Å². The van der Waals surface area contributed by atoms with Gasteiger partial charge in [-0.2, -0.15) is 4.98 Å². The molecule has 1 fully saturated rings. The van der Waals surface area contributed by atoms with Crippen molar-refractivity contribution in [2.75, 3.05) is 13.2 Å². The Kier molecular flexibility index (Phi) is 7.29. The largest absolute Gasteiger partial charge is 0.494 e. The Hall–Kier alpha value is -2.11. The van der Waals surface area contributed by atoms with Gasteiger partial charge in [-0.15, -0.1) is 12.4 Å². The predicted molar refractivity (Wildman–Crippen MR) is 114 cm³/mol. The highest BCUT2D eigenvalue weighted by Gasteiger charge is 2.22. The smallest absolute Gasteiger partial charge is 0.244 e. The molecule has 5 nitrogen and oxygen atoms in total. The van der Waals surface area contributed by atoms with Gasteiger partial charge in [0, 0.05) is 5.56 Å². The maximum atomic E-state index is 5.89. The van der Waals surface area contributed by atoms with Crippen molar-refractivity contribution in [2.24, 2.45) is 0 Å². The van der Waals surface area contributed by atoms with E-state index in [9.17, 15) is 0 Å². The van der Waals surface area contributed by atoms with Crippen molar-refractivity contribution < 1.29 is 9.26 Å². The topological polar surface area (TPSA) is 60.2 Å². The Morgan fingerprint density at radius 2 is 1.96 bits per heavy atom. The predicted octanol–water partition coefficient (Wildman–Crippen LogP) is 5.70. The molecule has 2 heterocycles. The van der Waals surface area contributed by atoms with Gasteiger partial charge in [0.15, 0.2) is 0 Å². The van der Waals surface area contributed by atoms with Crippen LogP contribution in [0, 0.1) is 0 Å². The molecule has 3 aromatic rings. The summed E-state index contributed by atoms with van der Waals surface area (Å²) >= 11 is 0. The fourth-order valence-corrected chi connectivity index (χ4v) is 3.56. The molecule has 0 saturated carbocycles. The number of ether oxygens (including phenoxy) is 1. The molecule has 4 rings (SSSR count). The van der Waals surface area contributed by atoms with Crippen molar-refractivity contribution in [3.8, 4) is 17.1 Å². The highest BCUT2D eigenvalue weighted by atomic mass is 35.5. The monoisotopic (exact) mass is 401 g/mol. The first-order chi connectivity index (χ1) is 13.3. The van der Waals surface area contributed by atoms with Crippen LogP contribution < -0.4 is 10.1 Å². The van der Waals surface area contributed by atoms with Crippen molar-refractivity contribution in [2.45, 2.75) is 51.5 Å². The molecular formula is C22H28ClN3O2. The lowest BCUT2D eigenvalue weighted by molar-refractivity contribution is 0.305. The molecule has 28 heavy (non-hydrogen) atoms. The summed E-state index contributed by atoms with van der Waals surface area (Å²) in [6, 6.07) is 12.7. The maximum Gasteiger partial charge on any atom is 0.244 e. The SMILES string of the molecule is CCCCCCOc1ccc2cc(-c3noc(C4CCCN4)n3)ccc2c1.Cl. The van der Waals surface area contributed by atoms with Crippen LogP contribution in [0.25, 0.3) is 22.2 Å². The zero-order valence-corrected chi connectivity index (χ0v) is 17.1.